The normalized spacial score (nSPS) is 10.1. The van der Waals surface area contributed by atoms with E-state index in [1.807, 2.05) is 0 Å². The first-order valence-electron chi connectivity index (χ1n) is 3.99. The van der Waals surface area contributed by atoms with Crippen molar-refractivity contribution in [1.82, 2.24) is 0 Å². The quantitative estimate of drug-likeness (QED) is 0.607. The molecule has 0 aliphatic carbocycles. The molecular weight excluding hydrogens is 212 g/mol. The number of hydrogen-bond donors (Lipinski definition) is 1. The van der Waals surface area contributed by atoms with Crippen molar-refractivity contribution in [2.45, 2.75) is 6.42 Å². The minimum atomic E-state index is -0.293. The maximum absolute atomic E-state index is 13.0. The Morgan fingerprint density at radius 2 is 2.15 bits per heavy atom. The van der Waals surface area contributed by atoms with Crippen LogP contribution in [0.3, 0.4) is 0 Å². The van der Waals surface area contributed by atoms with Gasteiger partial charge in [-0.05, 0) is 24.6 Å². The molecule has 0 aliphatic rings. The fourth-order valence-electron chi connectivity index (χ4n) is 0.923. The number of hydrogen-bond acceptors (Lipinski definition) is 1. The average Bonchev–Trinajstić information content (AvgIpc) is 2.11. The molecule has 0 spiro atoms. The first-order chi connectivity index (χ1) is 6.24. The van der Waals surface area contributed by atoms with E-state index in [0.717, 1.165) is 6.42 Å². The summed E-state index contributed by atoms with van der Waals surface area (Å²) in [5.74, 6) is 0.272. The first-order valence-corrected chi connectivity index (χ1v) is 4.90. The van der Waals surface area contributed by atoms with Gasteiger partial charge in [0, 0.05) is 17.4 Å². The molecule has 0 amide bonds. The molecule has 0 atom stereocenters. The van der Waals surface area contributed by atoms with Crippen molar-refractivity contribution in [3.05, 3.63) is 29.0 Å². The van der Waals surface area contributed by atoms with Gasteiger partial charge in [-0.3, -0.25) is 0 Å². The van der Waals surface area contributed by atoms with Gasteiger partial charge in [-0.2, -0.15) is 0 Å². The average molecular weight is 222 g/mol. The van der Waals surface area contributed by atoms with E-state index in [1.54, 1.807) is 6.07 Å². The van der Waals surface area contributed by atoms with E-state index in [2.05, 4.69) is 5.32 Å². The third kappa shape index (κ3) is 3.41. The Kier molecular flexibility index (Phi) is 4.33. The van der Waals surface area contributed by atoms with Crippen LogP contribution in [0, 0.1) is 5.82 Å². The molecule has 0 aliphatic heterocycles. The van der Waals surface area contributed by atoms with Crippen molar-refractivity contribution in [3.8, 4) is 0 Å². The van der Waals surface area contributed by atoms with Gasteiger partial charge in [0.2, 0.25) is 0 Å². The van der Waals surface area contributed by atoms with E-state index in [1.165, 1.54) is 12.1 Å². The summed E-state index contributed by atoms with van der Waals surface area (Å²) in [5.41, 5.74) is 0.428. The largest absolute Gasteiger partial charge is 0.383 e. The molecule has 72 valence electrons. The van der Waals surface area contributed by atoms with Gasteiger partial charge in [0.25, 0.3) is 0 Å². The molecule has 0 bridgehead atoms. The Bertz CT molecular complexity index is 278. The second-order valence-electron chi connectivity index (χ2n) is 2.59. The highest BCUT2D eigenvalue weighted by molar-refractivity contribution is 6.30. The van der Waals surface area contributed by atoms with Crippen LogP contribution in [0.5, 0.6) is 0 Å². The second-order valence-corrected chi connectivity index (χ2v) is 3.41. The summed E-state index contributed by atoms with van der Waals surface area (Å²) in [5, 5.41) is 3.43. The van der Waals surface area contributed by atoms with Crippen LogP contribution >= 0.6 is 23.2 Å². The van der Waals surface area contributed by atoms with Crippen molar-refractivity contribution in [1.29, 1.82) is 0 Å². The standard InChI is InChI=1S/C9H10Cl2FN/c10-4-1-5-13-9-6-7(11)2-3-8(9)12/h2-3,6,13H,1,4-5H2. The van der Waals surface area contributed by atoms with Crippen LogP contribution in [0.1, 0.15) is 6.42 Å². The lowest BCUT2D eigenvalue weighted by Crippen LogP contribution is -2.03. The van der Waals surface area contributed by atoms with Crippen molar-refractivity contribution in [2.75, 3.05) is 17.7 Å². The van der Waals surface area contributed by atoms with Crippen LogP contribution in [0.4, 0.5) is 10.1 Å². The molecule has 1 aromatic rings. The number of nitrogens with one attached hydrogen (secondary N) is 1. The highest BCUT2D eigenvalue weighted by atomic mass is 35.5. The Hall–Kier alpha value is -0.470. The predicted molar refractivity (Wildman–Crippen MR) is 55.2 cm³/mol. The maximum atomic E-state index is 13.0. The van der Waals surface area contributed by atoms with Crippen LogP contribution < -0.4 is 5.32 Å². The molecule has 0 aromatic heterocycles. The third-order valence-electron chi connectivity index (χ3n) is 1.55. The molecule has 0 heterocycles. The number of rotatable bonds is 4. The predicted octanol–water partition coefficient (Wildman–Crippen LogP) is 3.52. The monoisotopic (exact) mass is 221 g/mol. The Balaban J connectivity index is 2.59. The van der Waals surface area contributed by atoms with E-state index in [0.29, 0.717) is 23.1 Å². The molecule has 1 N–H and O–H groups in total. The molecule has 13 heavy (non-hydrogen) atoms. The number of halogens is 3. The molecule has 1 nitrogen and oxygen atoms in total. The minimum absolute atomic E-state index is 0.293. The lowest BCUT2D eigenvalue weighted by molar-refractivity contribution is 0.630. The molecule has 1 aromatic carbocycles. The highest BCUT2D eigenvalue weighted by Crippen LogP contribution is 2.19. The van der Waals surface area contributed by atoms with Crippen molar-refractivity contribution >= 4 is 28.9 Å². The lowest BCUT2D eigenvalue weighted by Gasteiger charge is -2.06. The highest BCUT2D eigenvalue weighted by Gasteiger charge is 2.00. The van der Waals surface area contributed by atoms with E-state index >= 15 is 0 Å². The zero-order valence-corrected chi connectivity index (χ0v) is 8.50. The maximum Gasteiger partial charge on any atom is 0.146 e. The zero-order valence-electron chi connectivity index (χ0n) is 6.99. The number of anilines is 1. The fraction of sp³-hybridized carbons (Fsp3) is 0.333. The fourth-order valence-corrected chi connectivity index (χ4v) is 1.23. The Morgan fingerprint density at radius 1 is 1.38 bits per heavy atom. The summed E-state index contributed by atoms with van der Waals surface area (Å²) < 4.78 is 13.0. The molecular formula is C9H10Cl2FN. The Labute approximate surface area is 86.8 Å². The summed E-state index contributed by atoms with van der Waals surface area (Å²) in [7, 11) is 0. The van der Waals surface area contributed by atoms with Crippen LogP contribution in [0.2, 0.25) is 5.02 Å². The van der Waals surface area contributed by atoms with Gasteiger partial charge in [0.1, 0.15) is 5.82 Å². The van der Waals surface area contributed by atoms with E-state index in [4.69, 9.17) is 23.2 Å². The van der Waals surface area contributed by atoms with Gasteiger partial charge in [-0.25, -0.2) is 4.39 Å². The molecule has 0 saturated carbocycles. The van der Waals surface area contributed by atoms with Gasteiger partial charge in [0.15, 0.2) is 0 Å². The third-order valence-corrected chi connectivity index (χ3v) is 2.06. The van der Waals surface area contributed by atoms with E-state index in [9.17, 15) is 4.39 Å². The van der Waals surface area contributed by atoms with E-state index < -0.39 is 0 Å². The van der Waals surface area contributed by atoms with Crippen molar-refractivity contribution in [2.24, 2.45) is 0 Å². The van der Waals surface area contributed by atoms with Crippen molar-refractivity contribution in [3.63, 3.8) is 0 Å². The molecule has 0 radical (unpaired) electrons. The van der Waals surface area contributed by atoms with Gasteiger partial charge >= 0.3 is 0 Å². The summed E-state index contributed by atoms with van der Waals surface area (Å²) >= 11 is 11.2. The summed E-state index contributed by atoms with van der Waals surface area (Å²) in [6.45, 7) is 0.654. The number of alkyl halides is 1. The van der Waals surface area contributed by atoms with E-state index in [-0.39, 0.29) is 5.82 Å². The second kappa shape index (κ2) is 5.30. The van der Waals surface area contributed by atoms with Crippen molar-refractivity contribution < 1.29 is 4.39 Å². The molecule has 1 rings (SSSR count). The molecule has 4 heteroatoms. The SMILES string of the molecule is Fc1ccc(Cl)cc1NCCCCl. The smallest absolute Gasteiger partial charge is 0.146 e. The summed E-state index contributed by atoms with van der Waals surface area (Å²) in [6.07, 6.45) is 0.799. The summed E-state index contributed by atoms with van der Waals surface area (Å²) in [4.78, 5) is 0. The van der Waals surface area contributed by atoms with Gasteiger partial charge in [-0.1, -0.05) is 11.6 Å². The summed E-state index contributed by atoms with van der Waals surface area (Å²) in [6, 6.07) is 4.42. The first kappa shape index (κ1) is 10.6. The molecule has 0 saturated heterocycles. The van der Waals surface area contributed by atoms with Gasteiger partial charge in [-0.15, -0.1) is 11.6 Å². The Morgan fingerprint density at radius 3 is 2.85 bits per heavy atom. The number of benzene rings is 1. The topological polar surface area (TPSA) is 12.0 Å². The van der Waals surface area contributed by atoms with Crippen LogP contribution in [0.15, 0.2) is 18.2 Å². The minimum Gasteiger partial charge on any atom is -0.383 e. The van der Waals surface area contributed by atoms with Gasteiger partial charge in [0.05, 0.1) is 5.69 Å². The van der Waals surface area contributed by atoms with Gasteiger partial charge < -0.3 is 5.32 Å². The molecule has 0 unspecified atom stereocenters. The van der Waals surface area contributed by atoms with Crippen LogP contribution in [0.25, 0.3) is 0 Å². The van der Waals surface area contributed by atoms with Crippen LogP contribution in [-0.2, 0) is 0 Å². The van der Waals surface area contributed by atoms with Crippen LogP contribution in [-0.4, -0.2) is 12.4 Å². The lowest BCUT2D eigenvalue weighted by atomic mass is 10.3. The zero-order chi connectivity index (χ0) is 9.68. The molecule has 0 fully saturated rings.